The number of aromatic nitrogens is 2. The number of benzene rings is 2. The van der Waals surface area contributed by atoms with Gasteiger partial charge in [0.05, 0.1) is 0 Å². The number of hydrogen-bond acceptors (Lipinski definition) is 4. The summed E-state index contributed by atoms with van der Waals surface area (Å²) in [5.74, 6) is 1.89. The van der Waals surface area contributed by atoms with Gasteiger partial charge in [-0.2, -0.15) is 0 Å². The average molecular weight is 467 g/mol. The smallest absolute Gasteiger partial charge is 0.178 e. The molecule has 4 heteroatoms. The Morgan fingerprint density at radius 2 is 1.49 bits per heavy atom. The van der Waals surface area contributed by atoms with Gasteiger partial charge in [-0.3, -0.25) is 0 Å². The number of fused-ring (bicyclic) bond motifs is 5. The van der Waals surface area contributed by atoms with Crippen LogP contribution in [-0.2, 0) is 18.3 Å². The first-order valence-electron chi connectivity index (χ1n) is 13.2. The highest BCUT2D eigenvalue weighted by Gasteiger charge is 2.62. The molecule has 3 atom stereocenters. The molecule has 35 heavy (non-hydrogen) atoms. The summed E-state index contributed by atoms with van der Waals surface area (Å²) in [5, 5.41) is 0. The second-order valence-corrected chi connectivity index (χ2v) is 10.2. The molecule has 3 aromatic rings. The summed E-state index contributed by atoms with van der Waals surface area (Å²) < 4.78 is 0. The van der Waals surface area contributed by atoms with E-state index in [1.807, 2.05) is 12.4 Å². The third-order valence-electron chi connectivity index (χ3n) is 8.97. The zero-order valence-electron chi connectivity index (χ0n) is 21.9. The molecule has 0 saturated carbocycles. The van der Waals surface area contributed by atoms with Gasteiger partial charge in [0.15, 0.2) is 11.6 Å². The SMILES string of the molecule is C=CCC1(CC)c2cc(CC)ccc2N2c3nccnc3N(c3ccc(CC)cc3)C2C1(C)CC. The van der Waals surface area contributed by atoms with Crippen LogP contribution in [0.25, 0.3) is 0 Å². The Kier molecular flexibility index (Phi) is 5.94. The normalized spacial score (nSPS) is 24.7. The first kappa shape index (κ1) is 23.6. The molecule has 1 aromatic heterocycles. The summed E-state index contributed by atoms with van der Waals surface area (Å²) in [6, 6.07) is 16.1. The van der Waals surface area contributed by atoms with Crippen molar-refractivity contribution in [2.45, 2.75) is 78.3 Å². The molecule has 0 N–H and O–H groups in total. The van der Waals surface area contributed by atoms with Crippen LogP contribution in [0.5, 0.6) is 0 Å². The largest absolute Gasteiger partial charge is 0.301 e. The van der Waals surface area contributed by atoms with Gasteiger partial charge in [-0.15, -0.1) is 6.58 Å². The molecular weight excluding hydrogens is 428 g/mol. The van der Waals surface area contributed by atoms with E-state index in [4.69, 9.17) is 9.97 Å². The van der Waals surface area contributed by atoms with E-state index in [0.29, 0.717) is 0 Å². The van der Waals surface area contributed by atoms with Crippen molar-refractivity contribution >= 4 is 23.0 Å². The molecule has 2 aliphatic rings. The predicted octanol–water partition coefficient (Wildman–Crippen LogP) is 7.87. The predicted molar refractivity (Wildman–Crippen MR) is 147 cm³/mol. The van der Waals surface area contributed by atoms with Crippen LogP contribution >= 0.6 is 0 Å². The Morgan fingerprint density at radius 1 is 0.857 bits per heavy atom. The van der Waals surface area contributed by atoms with E-state index < -0.39 is 0 Å². The van der Waals surface area contributed by atoms with Crippen molar-refractivity contribution in [3.63, 3.8) is 0 Å². The Labute approximate surface area is 210 Å². The molecule has 0 amide bonds. The lowest BCUT2D eigenvalue weighted by atomic mass is 9.52. The monoisotopic (exact) mass is 466 g/mol. The van der Waals surface area contributed by atoms with Crippen LogP contribution in [0, 0.1) is 5.41 Å². The zero-order valence-corrected chi connectivity index (χ0v) is 21.9. The molecule has 0 saturated heterocycles. The molecule has 5 rings (SSSR count). The summed E-state index contributed by atoms with van der Waals surface area (Å²) in [4.78, 5) is 14.8. The third-order valence-corrected chi connectivity index (χ3v) is 8.97. The lowest BCUT2D eigenvalue weighted by molar-refractivity contribution is 0.0829. The fraction of sp³-hybridized carbons (Fsp3) is 0.419. The number of hydrogen-bond donors (Lipinski definition) is 0. The molecule has 4 nitrogen and oxygen atoms in total. The number of anilines is 4. The van der Waals surface area contributed by atoms with E-state index in [1.165, 1.54) is 28.1 Å². The quantitative estimate of drug-likeness (QED) is 0.332. The molecule has 2 aromatic carbocycles. The average Bonchev–Trinajstić information content (AvgIpc) is 3.26. The van der Waals surface area contributed by atoms with Crippen molar-refractivity contribution in [3.8, 4) is 0 Å². The van der Waals surface area contributed by atoms with Crippen LogP contribution in [-0.4, -0.2) is 16.1 Å². The lowest BCUT2D eigenvalue weighted by Crippen LogP contribution is -2.63. The number of rotatable bonds is 7. The van der Waals surface area contributed by atoms with Crippen LogP contribution in [0.15, 0.2) is 67.5 Å². The van der Waals surface area contributed by atoms with Crippen LogP contribution in [0.3, 0.4) is 0 Å². The summed E-state index contributed by atoms with van der Waals surface area (Å²) in [6.45, 7) is 15.9. The lowest BCUT2D eigenvalue weighted by Gasteiger charge is -2.60. The Hall–Kier alpha value is -3.14. The summed E-state index contributed by atoms with van der Waals surface area (Å²) in [7, 11) is 0. The highest BCUT2D eigenvalue weighted by molar-refractivity contribution is 5.87. The Balaban J connectivity index is 1.84. The van der Waals surface area contributed by atoms with Gasteiger partial charge >= 0.3 is 0 Å². The standard InChI is InChI=1S/C31H38N4/c1-7-18-31(11-5)25-21-23(9-3)14-17-26(25)35-28-27(32-19-20-33-28)34(29(35)30(31,6)10-4)24-15-12-22(8-2)13-16-24/h7,12-17,19-21,29H,1,8-11,18H2,2-6H3. The molecule has 0 bridgehead atoms. The Bertz CT molecular complexity index is 1230. The minimum Gasteiger partial charge on any atom is -0.301 e. The van der Waals surface area contributed by atoms with Gasteiger partial charge in [-0.05, 0) is 67.0 Å². The van der Waals surface area contributed by atoms with Gasteiger partial charge in [0.25, 0.3) is 0 Å². The van der Waals surface area contributed by atoms with Crippen LogP contribution in [0.2, 0.25) is 0 Å². The molecule has 0 radical (unpaired) electrons. The highest BCUT2D eigenvalue weighted by atomic mass is 15.5. The maximum Gasteiger partial charge on any atom is 0.178 e. The fourth-order valence-corrected chi connectivity index (χ4v) is 6.78. The minimum absolute atomic E-state index is 0.0468. The van der Waals surface area contributed by atoms with E-state index >= 15 is 0 Å². The van der Waals surface area contributed by atoms with Gasteiger partial charge in [0, 0.05) is 34.6 Å². The van der Waals surface area contributed by atoms with Gasteiger partial charge in [0.2, 0.25) is 0 Å². The summed E-state index contributed by atoms with van der Waals surface area (Å²) >= 11 is 0. The fourth-order valence-electron chi connectivity index (χ4n) is 6.78. The summed E-state index contributed by atoms with van der Waals surface area (Å²) in [5.41, 5.74) is 6.46. The van der Waals surface area contributed by atoms with Crippen molar-refractivity contribution in [2.24, 2.45) is 5.41 Å². The van der Waals surface area contributed by atoms with Crippen LogP contribution < -0.4 is 9.80 Å². The maximum atomic E-state index is 4.92. The van der Waals surface area contributed by atoms with E-state index in [9.17, 15) is 0 Å². The molecular formula is C31H38N4. The van der Waals surface area contributed by atoms with E-state index in [1.54, 1.807) is 0 Å². The second-order valence-electron chi connectivity index (χ2n) is 10.2. The van der Waals surface area contributed by atoms with E-state index in [-0.39, 0.29) is 17.0 Å². The minimum atomic E-state index is -0.0822. The van der Waals surface area contributed by atoms with Crippen LogP contribution in [0.1, 0.15) is 70.6 Å². The highest BCUT2D eigenvalue weighted by Crippen LogP contribution is 2.64. The molecule has 182 valence electrons. The second kappa shape index (κ2) is 8.82. The van der Waals surface area contributed by atoms with Gasteiger partial charge in [0.1, 0.15) is 6.17 Å². The summed E-state index contributed by atoms with van der Waals surface area (Å²) in [6.07, 6.45) is 10.9. The molecule has 3 heterocycles. The molecule has 3 unspecified atom stereocenters. The number of nitrogens with zero attached hydrogens (tertiary/aromatic N) is 4. The molecule has 2 aliphatic heterocycles. The first-order chi connectivity index (χ1) is 17.0. The van der Waals surface area contributed by atoms with Crippen molar-refractivity contribution in [1.29, 1.82) is 0 Å². The molecule has 0 fully saturated rings. The molecule has 0 spiro atoms. The Morgan fingerprint density at radius 3 is 2.06 bits per heavy atom. The number of allylic oxidation sites excluding steroid dienone is 1. The van der Waals surface area contributed by atoms with Crippen molar-refractivity contribution in [2.75, 3.05) is 9.80 Å². The number of aryl methyl sites for hydroxylation is 2. The van der Waals surface area contributed by atoms with E-state index in [2.05, 4.69) is 99.5 Å². The van der Waals surface area contributed by atoms with Crippen molar-refractivity contribution in [3.05, 3.63) is 84.2 Å². The molecule has 0 aliphatic carbocycles. The maximum absolute atomic E-state index is 4.92. The van der Waals surface area contributed by atoms with Gasteiger partial charge in [-0.1, -0.05) is 65.0 Å². The van der Waals surface area contributed by atoms with Crippen molar-refractivity contribution < 1.29 is 0 Å². The van der Waals surface area contributed by atoms with E-state index in [0.717, 1.165) is 43.7 Å². The van der Waals surface area contributed by atoms with Crippen LogP contribution in [0.4, 0.5) is 23.0 Å². The topological polar surface area (TPSA) is 32.3 Å². The third kappa shape index (κ3) is 3.18. The first-order valence-corrected chi connectivity index (χ1v) is 13.2. The zero-order chi connectivity index (χ0) is 24.8. The van der Waals surface area contributed by atoms with Gasteiger partial charge in [-0.25, -0.2) is 9.97 Å². The van der Waals surface area contributed by atoms with Crippen molar-refractivity contribution in [1.82, 2.24) is 9.97 Å². The van der Waals surface area contributed by atoms with Gasteiger partial charge < -0.3 is 9.80 Å².